The second kappa shape index (κ2) is 11.2. The first-order valence-electron chi connectivity index (χ1n) is 9.87. The molecule has 1 aliphatic rings. The normalized spacial score (nSPS) is 14.5. The summed E-state index contributed by atoms with van der Waals surface area (Å²) in [7, 11) is 1.88. The van der Waals surface area contributed by atoms with Gasteiger partial charge in [-0.05, 0) is 69.3 Å². The van der Waals surface area contributed by atoms with Crippen molar-refractivity contribution in [1.82, 2.24) is 20.4 Å². The molecule has 28 heavy (non-hydrogen) atoms. The number of aromatic amines is 1. The number of hydrogen-bond acceptors (Lipinski definition) is 3. The number of H-pyrrole nitrogens is 1. The molecule has 0 unspecified atom stereocenters. The lowest BCUT2D eigenvalue weighted by Crippen LogP contribution is -2.31. The highest BCUT2D eigenvalue weighted by Gasteiger charge is 2.16. The molecule has 1 aromatic heterocycles. The molecule has 3 rings (SSSR count). The molecule has 0 atom stereocenters. The van der Waals surface area contributed by atoms with Gasteiger partial charge in [-0.2, -0.15) is 5.10 Å². The van der Waals surface area contributed by atoms with Crippen LogP contribution in [-0.2, 0) is 11.2 Å². The molecular weight excluding hydrogens is 379 g/mol. The fraction of sp³-hybridized carbons (Fsp3) is 0.524. The molecule has 1 aromatic carbocycles. The molecule has 1 fully saturated rings. The van der Waals surface area contributed by atoms with Crippen LogP contribution < -0.4 is 5.32 Å². The second-order valence-corrected chi connectivity index (χ2v) is 7.44. The lowest BCUT2D eigenvalue weighted by molar-refractivity contribution is -0.130. The van der Waals surface area contributed by atoms with Crippen LogP contribution in [0.5, 0.6) is 0 Å². The van der Waals surface area contributed by atoms with Crippen LogP contribution in [0.3, 0.4) is 0 Å². The fourth-order valence-electron chi connectivity index (χ4n) is 3.61. The van der Waals surface area contributed by atoms with Gasteiger partial charge in [0.2, 0.25) is 5.91 Å². The molecule has 0 saturated carbocycles. The lowest BCUT2D eigenvalue weighted by Gasteiger charge is -2.23. The Morgan fingerprint density at radius 3 is 2.82 bits per heavy atom. The average Bonchev–Trinajstić information content (AvgIpc) is 3.16. The third kappa shape index (κ3) is 6.60. The number of nitrogens with zero attached hydrogens (tertiary/aromatic N) is 2. The number of carbonyl (C=O) groups excluding carboxylic acids is 1. The number of piperidine rings is 1. The van der Waals surface area contributed by atoms with Crippen LogP contribution in [0.4, 0.5) is 4.39 Å². The van der Waals surface area contributed by atoms with E-state index >= 15 is 0 Å². The molecule has 7 heteroatoms. The monoisotopic (exact) mass is 408 g/mol. The summed E-state index contributed by atoms with van der Waals surface area (Å²) in [6.45, 7) is 2.90. The van der Waals surface area contributed by atoms with Gasteiger partial charge in [0.15, 0.2) is 0 Å². The standard InChI is InChI=1S/C21H29FN4O.ClH/c1-26(21(27)8-7-16-9-11-23-12-10-16)13-3-6-19-15-20(25-24-19)17-4-2-5-18(22)14-17;/h2,4-5,14-16,23H,3,6-13H2,1H3,(H,24,25);1H. The highest BCUT2D eigenvalue weighted by Crippen LogP contribution is 2.20. The van der Waals surface area contributed by atoms with Crippen LogP contribution in [-0.4, -0.2) is 47.7 Å². The molecular formula is C21H30ClFN4O. The van der Waals surface area contributed by atoms with Gasteiger partial charge in [0.25, 0.3) is 0 Å². The van der Waals surface area contributed by atoms with E-state index < -0.39 is 0 Å². The number of hydrogen-bond donors (Lipinski definition) is 2. The highest BCUT2D eigenvalue weighted by atomic mass is 35.5. The van der Waals surface area contributed by atoms with E-state index in [0.29, 0.717) is 12.3 Å². The number of aryl methyl sites for hydroxylation is 1. The molecule has 1 aliphatic heterocycles. The third-order valence-electron chi connectivity index (χ3n) is 5.34. The van der Waals surface area contributed by atoms with E-state index in [-0.39, 0.29) is 24.1 Å². The predicted octanol–water partition coefficient (Wildman–Crippen LogP) is 3.81. The molecule has 2 aromatic rings. The summed E-state index contributed by atoms with van der Waals surface area (Å²) >= 11 is 0. The SMILES string of the molecule is CN(CCCc1cc(-c2cccc(F)c2)n[nH]1)C(=O)CCC1CCNCC1.Cl. The van der Waals surface area contributed by atoms with Gasteiger partial charge in [-0.25, -0.2) is 4.39 Å². The number of nitrogens with one attached hydrogen (secondary N) is 2. The molecule has 0 aliphatic carbocycles. The Kier molecular flexibility index (Phi) is 8.93. The molecule has 0 radical (unpaired) electrons. The van der Waals surface area contributed by atoms with Gasteiger partial charge in [-0.1, -0.05) is 12.1 Å². The summed E-state index contributed by atoms with van der Waals surface area (Å²) in [4.78, 5) is 14.1. The largest absolute Gasteiger partial charge is 0.346 e. The van der Waals surface area contributed by atoms with E-state index in [1.807, 2.05) is 24.1 Å². The smallest absolute Gasteiger partial charge is 0.222 e. The van der Waals surface area contributed by atoms with E-state index in [2.05, 4.69) is 15.5 Å². The summed E-state index contributed by atoms with van der Waals surface area (Å²) in [5, 5.41) is 10.6. The zero-order chi connectivity index (χ0) is 19.1. The fourth-order valence-corrected chi connectivity index (χ4v) is 3.61. The van der Waals surface area contributed by atoms with Crippen molar-refractivity contribution in [2.75, 3.05) is 26.7 Å². The van der Waals surface area contributed by atoms with Crippen molar-refractivity contribution in [3.05, 3.63) is 41.8 Å². The van der Waals surface area contributed by atoms with Crippen molar-refractivity contribution >= 4 is 18.3 Å². The Labute approximate surface area is 172 Å². The van der Waals surface area contributed by atoms with Crippen molar-refractivity contribution in [2.24, 2.45) is 5.92 Å². The van der Waals surface area contributed by atoms with Crippen LogP contribution in [0.15, 0.2) is 30.3 Å². The van der Waals surface area contributed by atoms with E-state index in [4.69, 9.17) is 0 Å². The number of rotatable bonds is 8. The third-order valence-corrected chi connectivity index (χ3v) is 5.34. The van der Waals surface area contributed by atoms with Gasteiger partial charge in [0.1, 0.15) is 5.82 Å². The van der Waals surface area contributed by atoms with Crippen LogP contribution in [0, 0.1) is 11.7 Å². The Bertz CT molecular complexity index is 746. The number of aromatic nitrogens is 2. The van der Waals surface area contributed by atoms with Crippen LogP contribution in [0.2, 0.25) is 0 Å². The maximum absolute atomic E-state index is 13.3. The van der Waals surface area contributed by atoms with Gasteiger partial charge in [-0.3, -0.25) is 9.89 Å². The number of halogens is 2. The second-order valence-electron chi connectivity index (χ2n) is 7.44. The van der Waals surface area contributed by atoms with Gasteiger partial charge < -0.3 is 10.2 Å². The lowest BCUT2D eigenvalue weighted by atomic mass is 9.93. The number of carbonyl (C=O) groups is 1. The molecule has 154 valence electrons. The predicted molar refractivity (Wildman–Crippen MR) is 112 cm³/mol. The van der Waals surface area contributed by atoms with Crippen molar-refractivity contribution in [2.45, 2.75) is 38.5 Å². The first kappa shape index (κ1) is 22.4. The quantitative estimate of drug-likeness (QED) is 0.698. The Morgan fingerprint density at radius 2 is 2.07 bits per heavy atom. The van der Waals surface area contributed by atoms with E-state index in [1.54, 1.807) is 6.07 Å². The van der Waals surface area contributed by atoms with Gasteiger partial charge in [0.05, 0.1) is 5.69 Å². The van der Waals surface area contributed by atoms with Crippen molar-refractivity contribution in [1.29, 1.82) is 0 Å². The molecule has 5 nitrogen and oxygen atoms in total. The minimum Gasteiger partial charge on any atom is -0.346 e. The van der Waals surface area contributed by atoms with Crippen LogP contribution >= 0.6 is 12.4 Å². The van der Waals surface area contributed by atoms with Gasteiger partial charge in [-0.15, -0.1) is 12.4 Å². The summed E-state index contributed by atoms with van der Waals surface area (Å²) in [5.41, 5.74) is 2.52. The summed E-state index contributed by atoms with van der Waals surface area (Å²) in [5.74, 6) is 0.662. The summed E-state index contributed by atoms with van der Waals surface area (Å²) in [6, 6.07) is 8.39. The van der Waals surface area contributed by atoms with E-state index in [0.717, 1.165) is 55.8 Å². The Morgan fingerprint density at radius 1 is 1.29 bits per heavy atom. The minimum absolute atomic E-state index is 0. The molecule has 2 heterocycles. The first-order chi connectivity index (χ1) is 13.1. The molecule has 0 bridgehead atoms. The average molecular weight is 409 g/mol. The van der Waals surface area contributed by atoms with Crippen molar-refractivity contribution in [3.8, 4) is 11.3 Å². The highest BCUT2D eigenvalue weighted by molar-refractivity contribution is 5.85. The Balaban J connectivity index is 0.00000280. The van der Waals surface area contributed by atoms with Crippen molar-refractivity contribution < 1.29 is 9.18 Å². The van der Waals surface area contributed by atoms with Crippen LogP contribution in [0.25, 0.3) is 11.3 Å². The molecule has 0 spiro atoms. The zero-order valence-electron chi connectivity index (χ0n) is 16.4. The maximum Gasteiger partial charge on any atom is 0.222 e. The Hall–Kier alpha value is -1.92. The minimum atomic E-state index is -0.262. The summed E-state index contributed by atoms with van der Waals surface area (Å²) < 4.78 is 13.3. The van der Waals surface area contributed by atoms with Gasteiger partial charge in [0, 0.05) is 31.3 Å². The van der Waals surface area contributed by atoms with Crippen molar-refractivity contribution in [3.63, 3.8) is 0 Å². The van der Waals surface area contributed by atoms with Gasteiger partial charge >= 0.3 is 0 Å². The maximum atomic E-state index is 13.3. The van der Waals surface area contributed by atoms with E-state index in [9.17, 15) is 9.18 Å². The zero-order valence-corrected chi connectivity index (χ0v) is 17.2. The topological polar surface area (TPSA) is 61.0 Å². The number of benzene rings is 1. The van der Waals surface area contributed by atoms with E-state index in [1.165, 1.54) is 25.0 Å². The summed E-state index contributed by atoms with van der Waals surface area (Å²) in [6.07, 6.45) is 5.71. The number of amides is 1. The molecule has 2 N–H and O–H groups in total. The first-order valence-corrected chi connectivity index (χ1v) is 9.87. The van der Waals surface area contributed by atoms with Crippen LogP contribution in [0.1, 0.15) is 37.8 Å². The molecule has 1 amide bonds. The molecule has 1 saturated heterocycles.